The van der Waals surface area contributed by atoms with Gasteiger partial charge in [0.2, 0.25) is 0 Å². The number of carboxylic acid groups (broad SMARTS) is 4. The Bertz CT molecular complexity index is 445. The lowest BCUT2D eigenvalue weighted by molar-refractivity contribution is -0.141. The highest BCUT2D eigenvalue weighted by Crippen LogP contribution is 2.26. The first-order valence-electron chi connectivity index (χ1n) is 9.29. The maximum Gasteiger partial charge on any atom is 0.319 e. The van der Waals surface area contributed by atoms with Crippen molar-refractivity contribution in [2.75, 3.05) is 13.1 Å². The Hall–Kier alpha value is -2.24. The average molecular weight is 403 g/mol. The van der Waals surface area contributed by atoms with Crippen LogP contribution >= 0.6 is 0 Å². The first-order valence-corrected chi connectivity index (χ1v) is 9.29. The predicted molar refractivity (Wildman–Crippen MR) is 96.1 cm³/mol. The Balaban J connectivity index is 2.90. The highest BCUT2D eigenvalue weighted by molar-refractivity contribution is 5.69. The second kappa shape index (κ2) is 12.3. The Morgan fingerprint density at radius 2 is 1.21 bits per heavy atom. The van der Waals surface area contributed by atoms with Crippen molar-refractivity contribution in [1.29, 1.82) is 0 Å². The molecule has 0 amide bonds. The number of hydrazine groups is 2. The lowest BCUT2D eigenvalue weighted by atomic mass is 9.86. The van der Waals surface area contributed by atoms with Gasteiger partial charge in [-0.2, -0.15) is 5.53 Å². The van der Waals surface area contributed by atoms with E-state index >= 15 is 0 Å². The third-order valence-electron chi connectivity index (χ3n) is 4.81. The number of carboxylic acids is 4. The van der Waals surface area contributed by atoms with E-state index in [9.17, 15) is 19.2 Å². The molecule has 3 atom stereocenters. The molecule has 0 aromatic carbocycles. The lowest BCUT2D eigenvalue weighted by Gasteiger charge is -2.29. The number of nitrogens with zero attached hydrogens (tertiary/aromatic N) is 1. The van der Waals surface area contributed by atoms with Crippen LogP contribution in [0.1, 0.15) is 51.4 Å². The van der Waals surface area contributed by atoms with Gasteiger partial charge in [-0.25, -0.2) is 10.4 Å². The molecule has 1 rings (SSSR count). The molecule has 3 unspecified atom stereocenters. The van der Waals surface area contributed by atoms with Gasteiger partial charge in [0.15, 0.2) is 0 Å². The van der Waals surface area contributed by atoms with Crippen LogP contribution in [0.4, 0.5) is 0 Å². The zero-order valence-corrected chi connectivity index (χ0v) is 15.7. The van der Waals surface area contributed by atoms with E-state index in [1.54, 1.807) is 0 Å². The molecule has 11 nitrogen and oxygen atoms in total. The third kappa shape index (κ3) is 10.8. The lowest BCUT2D eigenvalue weighted by Crippen LogP contribution is -2.53. The Labute approximate surface area is 162 Å². The third-order valence-corrected chi connectivity index (χ3v) is 4.81. The zero-order chi connectivity index (χ0) is 21.1. The van der Waals surface area contributed by atoms with Crippen molar-refractivity contribution in [3.63, 3.8) is 0 Å². The number of hydrogen-bond donors (Lipinski definition) is 6. The van der Waals surface area contributed by atoms with E-state index < -0.39 is 29.9 Å². The van der Waals surface area contributed by atoms with E-state index in [4.69, 9.17) is 20.4 Å². The molecule has 28 heavy (non-hydrogen) atoms. The predicted octanol–water partition coefficient (Wildman–Crippen LogP) is 0.371. The molecule has 1 aliphatic heterocycles. The van der Waals surface area contributed by atoms with Crippen molar-refractivity contribution in [3.8, 4) is 0 Å². The van der Waals surface area contributed by atoms with Crippen LogP contribution in [-0.4, -0.2) is 68.4 Å². The summed E-state index contributed by atoms with van der Waals surface area (Å²) >= 11 is 0. The monoisotopic (exact) mass is 403 g/mol. The van der Waals surface area contributed by atoms with E-state index in [1.807, 2.05) is 0 Å². The van der Waals surface area contributed by atoms with Crippen molar-refractivity contribution in [1.82, 2.24) is 16.0 Å². The number of rotatable bonds is 8. The van der Waals surface area contributed by atoms with Crippen LogP contribution < -0.4 is 11.0 Å². The van der Waals surface area contributed by atoms with Crippen molar-refractivity contribution < 1.29 is 39.6 Å². The van der Waals surface area contributed by atoms with Gasteiger partial charge in [-0.3, -0.25) is 19.2 Å². The van der Waals surface area contributed by atoms with Gasteiger partial charge < -0.3 is 20.4 Å². The van der Waals surface area contributed by atoms with Crippen LogP contribution in [0.25, 0.3) is 0 Å². The molecule has 6 N–H and O–H groups in total. The summed E-state index contributed by atoms with van der Waals surface area (Å²) < 4.78 is 0. The summed E-state index contributed by atoms with van der Waals surface area (Å²) in [6.45, 7) is -0.0884. The van der Waals surface area contributed by atoms with Gasteiger partial charge in [0, 0.05) is 25.4 Å². The largest absolute Gasteiger partial charge is 0.481 e. The standard InChI is InChI=1S/C17H29N3O8/c21-14(22)7-11-1-2-12(8-15(23)24)5-6-20(10-17(27)28)19-18-13(4-3-11)9-16(25)26/h11-13,18-19H,1-10H2,(H,21,22)(H,23,24)(H,25,26)(H,27,28). The average Bonchev–Trinajstić information content (AvgIpc) is 2.55. The molecule has 0 bridgehead atoms. The molecule has 0 radical (unpaired) electrons. The summed E-state index contributed by atoms with van der Waals surface area (Å²) in [5.74, 6) is -4.38. The number of carbonyl (C=O) groups is 4. The molecule has 1 saturated heterocycles. The minimum absolute atomic E-state index is 0.0574. The maximum absolute atomic E-state index is 11.1. The SMILES string of the molecule is O=C(O)CC1CCC(CC(=O)O)CCN(CC(=O)O)NNC(CC(=O)O)CC1. The minimum atomic E-state index is -1.08. The summed E-state index contributed by atoms with van der Waals surface area (Å²) in [5, 5.41) is 37.7. The van der Waals surface area contributed by atoms with E-state index in [0.717, 1.165) is 0 Å². The topological polar surface area (TPSA) is 176 Å². The van der Waals surface area contributed by atoms with E-state index in [0.29, 0.717) is 32.1 Å². The van der Waals surface area contributed by atoms with Crippen molar-refractivity contribution >= 4 is 23.9 Å². The summed E-state index contributed by atoms with van der Waals surface area (Å²) in [6, 6.07) is -0.501. The fraction of sp³-hybridized carbons (Fsp3) is 0.765. The van der Waals surface area contributed by atoms with Crippen LogP contribution in [0.5, 0.6) is 0 Å². The van der Waals surface area contributed by atoms with Crippen LogP contribution in [0.2, 0.25) is 0 Å². The molecule has 11 heteroatoms. The second-order valence-electron chi connectivity index (χ2n) is 7.24. The van der Waals surface area contributed by atoms with Crippen LogP contribution in [0, 0.1) is 11.8 Å². The quantitative estimate of drug-likeness (QED) is 0.330. The highest BCUT2D eigenvalue weighted by Gasteiger charge is 2.23. The molecular formula is C17H29N3O8. The molecule has 0 saturated carbocycles. The Morgan fingerprint density at radius 3 is 1.71 bits per heavy atom. The number of aliphatic carboxylic acids is 4. The Kier molecular flexibility index (Phi) is 10.4. The number of hydrogen-bond acceptors (Lipinski definition) is 7. The summed E-state index contributed by atoms with van der Waals surface area (Å²) in [4.78, 5) is 44.4. The van der Waals surface area contributed by atoms with E-state index in [1.165, 1.54) is 5.01 Å². The molecule has 0 aromatic rings. The van der Waals surface area contributed by atoms with Crippen molar-refractivity contribution in [2.45, 2.75) is 57.4 Å². The van der Waals surface area contributed by atoms with E-state index in [-0.39, 0.29) is 44.2 Å². The molecule has 0 aliphatic carbocycles. The maximum atomic E-state index is 11.1. The molecule has 1 aliphatic rings. The van der Waals surface area contributed by atoms with Gasteiger partial charge in [-0.15, -0.1) is 0 Å². The molecule has 160 valence electrons. The smallest absolute Gasteiger partial charge is 0.319 e. The summed E-state index contributed by atoms with van der Waals surface area (Å²) in [5.41, 5.74) is 5.55. The van der Waals surface area contributed by atoms with Crippen LogP contribution in [0.3, 0.4) is 0 Å². The molecular weight excluding hydrogens is 374 g/mol. The van der Waals surface area contributed by atoms with E-state index in [2.05, 4.69) is 11.0 Å². The molecule has 1 heterocycles. The molecule has 0 aromatic heterocycles. The summed E-state index contributed by atoms with van der Waals surface area (Å²) in [6.07, 6.45) is 1.99. The first kappa shape index (κ1) is 23.8. The fourth-order valence-corrected chi connectivity index (χ4v) is 3.39. The summed E-state index contributed by atoms with van der Waals surface area (Å²) in [7, 11) is 0. The zero-order valence-electron chi connectivity index (χ0n) is 15.7. The second-order valence-corrected chi connectivity index (χ2v) is 7.24. The number of nitrogens with one attached hydrogen (secondary N) is 2. The van der Waals surface area contributed by atoms with Crippen molar-refractivity contribution in [3.05, 3.63) is 0 Å². The Morgan fingerprint density at radius 1 is 0.714 bits per heavy atom. The molecule has 1 fully saturated rings. The van der Waals surface area contributed by atoms with Crippen molar-refractivity contribution in [2.24, 2.45) is 11.8 Å². The highest BCUT2D eigenvalue weighted by atomic mass is 16.4. The van der Waals surface area contributed by atoms with Gasteiger partial charge in [-0.1, -0.05) is 0 Å². The van der Waals surface area contributed by atoms with Crippen LogP contribution in [0.15, 0.2) is 0 Å². The van der Waals surface area contributed by atoms with Gasteiger partial charge in [0.1, 0.15) is 6.54 Å². The van der Waals surface area contributed by atoms with Crippen LogP contribution in [-0.2, 0) is 19.2 Å². The van der Waals surface area contributed by atoms with Gasteiger partial charge in [0.05, 0.1) is 6.42 Å². The first-order chi connectivity index (χ1) is 13.2. The van der Waals surface area contributed by atoms with Gasteiger partial charge in [0.25, 0.3) is 0 Å². The molecule has 0 spiro atoms. The van der Waals surface area contributed by atoms with Gasteiger partial charge >= 0.3 is 23.9 Å². The van der Waals surface area contributed by atoms with Gasteiger partial charge in [-0.05, 0) is 43.9 Å². The minimum Gasteiger partial charge on any atom is -0.481 e. The fourth-order valence-electron chi connectivity index (χ4n) is 3.39. The normalized spacial score (nSPS) is 25.2.